The second-order valence-corrected chi connectivity index (χ2v) is 5.96. The Kier molecular flexibility index (Phi) is 4.57. The van der Waals surface area contributed by atoms with Gasteiger partial charge in [-0.25, -0.2) is 9.97 Å². The van der Waals surface area contributed by atoms with Crippen LogP contribution in [0.3, 0.4) is 0 Å². The molecule has 0 saturated heterocycles. The van der Waals surface area contributed by atoms with Gasteiger partial charge in [0.2, 0.25) is 0 Å². The van der Waals surface area contributed by atoms with Crippen LogP contribution in [0, 0.1) is 0 Å². The average molecular weight is 323 g/mol. The average Bonchev–Trinajstić information content (AvgIpc) is 3.01. The van der Waals surface area contributed by atoms with Crippen molar-refractivity contribution in [2.45, 2.75) is 26.4 Å². The van der Waals surface area contributed by atoms with E-state index < -0.39 is 0 Å². The van der Waals surface area contributed by atoms with Gasteiger partial charge in [0.1, 0.15) is 5.52 Å². The number of nitrogens with one attached hydrogen (secondary N) is 3. The van der Waals surface area contributed by atoms with Gasteiger partial charge in [-0.2, -0.15) is 0 Å². The van der Waals surface area contributed by atoms with Crippen LogP contribution in [-0.2, 0) is 6.54 Å². The minimum Gasteiger partial charge on any atom is -0.355 e. The van der Waals surface area contributed by atoms with Crippen molar-refractivity contribution in [3.05, 3.63) is 47.8 Å². The molecular weight excluding hydrogens is 302 g/mol. The molecule has 3 rings (SSSR count). The van der Waals surface area contributed by atoms with E-state index in [1.165, 1.54) is 0 Å². The minimum absolute atomic E-state index is 0.116. The van der Waals surface area contributed by atoms with Crippen LogP contribution in [0.4, 0.5) is 0 Å². The summed E-state index contributed by atoms with van der Waals surface area (Å²) in [6, 6.07) is 7.79. The van der Waals surface area contributed by atoms with E-state index >= 15 is 0 Å². The van der Waals surface area contributed by atoms with Crippen LogP contribution in [0.25, 0.3) is 22.4 Å². The van der Waals surface area contributed by atoms with Crippen LogP contribution in [0.2, 0.25) is 0 Å². The Morgan fingerprint density at radius 3 is 2.92 bits per heavy atom. The summed E-state index contributed by atoms with van der Waals surface area (Å²) in [6.07, 6.45) is 3.66. The van der Waals surface area contributed by atoms with Gasteiger partial charge in [0.15, 0.2) is 5.65 Å². The maximum Gasteiger partial charge on any atom is 0.251 e. The number of aromatic nitrogens is 3. The molecule has 1 aromatic carbocycles. The zero-order chi connectivity index (χ0) is 17.1. The van der Waals surface area contributed by atoms with Gasteiger partial charge in [-0.3, -0.25) is 4.79 Å². The SMILES string of the molecule is CNC(=O)c1cccc(-c2cnc3[nH]cc(CNC(C)C)c3n2)c1. The van der Waals surface area contributed by atoms with Crippen molar-refractivity contribution in [1.82, 2.24) is 25.6 Å². The third kappa shape index (κ3) is 3.28. The number of carbonyl (C=O) groups is 1. The van der Waals surface area contributed by atoms with E-state index in [1.807, 2.05) is 24.4 Å². The summed E-state index contributed by atoms with van der Waals surface area (Å²) in [6.45, 7) is 4.94. The van der Waals surface area contributed by atoms with Crippen molar-refractivity contribution in [1.29, 1.82) is 0 Å². The smallest absolute Gasteiger partial charge is 0.251 e. The van der Waals surface area contributed by atoms with Crippen molar-refractivity contribution in [2.24, 2.45) is 0 Å². The number of amides is 1. The molecule has 6 heteroatoms. The van der Waals surface area contributed by atoms with E-state index in [-0.39, 0.29) is 5.91 Å². The molecule has 0 aliphatic rings. The summed E-state index contributed by atoms with van der Waals surface area (Å²) in [4.78, 5) is 24.2. The van der Waals surface area contributed by atoms with Crippen LogP contribution in [0.15, 0.2) is 36.7 Å². The normalized spacial score (nSPS) is 11.2. The number of benzene rings is 1. The highest BCUT2D eigenvalue weighted by Crippen LogP contribution is 2.22. The number of hydrogen-bond acceptors (Lipinski definition) is 4. The summed E-state index contributed by atoms with van der Waals surface area (Å²) in [7, 11) is 1.62. The Labute approximate surface area is 140 Å². The number of fused-ring (bicyclic) bond motifs is 1. The van der Waals surface area contributed by atoms with Crippen molar-refractivity contribution < 1.29 is 4.79 Å². The minimum atomic E-state index is -0.116. The number of nitrogens with zero attached hydrogens (tertiary/aromatic N) is 2. The first kappa shape index (κ1) is 16.1. The molecule has 6 nitrogen and oxygen atoms in total. The first-order valence-corrected chi connectivity index (χ1v) is 7.97. The van der Waals surface area contributed by atoms with Crippen LogP contribution in [0.1, 0.15) is 29.8 Å². The fourth-order valence-corrected chi connectivity index (χ4v) is 2.49. The lowest BCUT2D eigenvalue weighted by molar-refractivity contribution is 0.0963. The molecule has 0 radical (unpaired) electrons. The zero-order valence-corrected chi connectivity index (χ0v) is 14.1. The van der Waals surface area contributed by atoms with Crippen molar-refractivity contribution in [2.75, 3.05) is 7.05 Å². The highest BCUT2D eigenvalue weighted by Gasteiger charge is 2.11. The van der Waals surface area contributed by atoms with Crippen molar-refractivity contribution in [3.8, 4) is 11.3 Å². The zero-order valence-electron chi connectivity index (χ0n) is 14.1. The van der Waals surface area contributed by atoms with E-state index in [1.54, 1.807) is 19.3 Å². The highest BCUT2D eigenvalue weighted by atomic mass is 16.1. The monoisotopic (exact) mass is 323 g/mol. The Hall–Kier alpha value is -2.73. The molecule has 0 spiro atoms. The number of carbonyl (C=O) groups excluding carboxylic acids is 1. The molecule has 0 bridgehead atoms. The van der Waals surface area contributed by atoms with Gasteiger partial charge in [0.25, 0.3) is 5.91 Å². The summed E-state index contributed by atoms with van der Waals surface area (Å²) in [5, 5.41) is 6.02. The van der Waals surface area contributed by atoms with Gasteiger partial charge in [0, 0.05) is 42.5 Å². The van der Waals surface area contributed by atoms with Gasteiger partial charge >= 0.3 is 0 Å². The molecule has 0 aliphatic carbocycles. The van der Waals surface area contributed by atoms with E-state index in [9.17, 15) is 4.79 Å². The van der Waals surface area contributed by atoms with Gasteiger partial charge in [-0.05, 0) is 12.1 Å². The van der Waals surface area contributed by atoms with Crippen LogP contribution in [-0.4, -0.2) is 33.9 Å². The van der Waals surface area contributed by atoms with Gasteiger partial charge in [-0.1, -0.05) is 26.0 Å². The van der Waals surface area contributed by atoms with Crippen molar-refractivity contribution in [3.63, 3.8) is 0 Å². The maximum absolute atomic E-state index is 11.8. The van der Waals surface area contributed by atoms with Crippen LogP contribution < -0.4 is 10.6 Å². The molecule has 3 N–H and O–H groups in total. The standard InChI is InChI=1S/C18H21N5O/c1-11(2)20-8-14-9-21-17-16(14)23-15(10-22-17)12-5-4-6-13(7-12)18(24)19-3/h4-7,9-11,20H,8H2,1-3H3,(H,19,24)(H,21,22). The fourth-order valence-electron chi connectivity index (χ4n) is 2.49. The quantitative estimate of drug-likeness (QED) is 0.673. The number of hydrogen-bond donors (Lipinski definition) is 3. The molecule has 2 heterocycles. The lowest BCUT2D eigenvalue weighted by atomic mass is 10.1. The number of H-pyrrole nitrogens is 1. The van der Waals surface area contributed by atoms with E-state index in [0.29, 0.717) is 11.6 Å². The first-order chi connectivity index (χ1) is 11.6. The lowest BCUT2D eigenvalue weighted by Gasteiger charge is -2.07. The summed E-state index contributed by atoms with van der Waals surface area (Å²) >= 11 is 0. The van der Waals surface area contributed by atoms with E-state index in [0.717, 1.165) is 34.5 Å². The Morgan fingerprint density at radius 1 is 1.33 bits per heavy atom. The predicted molar refractivity (Wildman–Crippen MR) is 94.7 cm³/mol. The summed E-state index contributed by atoms with van der Waals surface area (Å²) < 4.78 is 0. The third-order valence-corrected chi connectivity index (χ3v) is 3.81. The third-order valence-electron chi connectivity index (χ3n) is 3.81. The molecule has 0 fully saturated rings. The Bertz CT molecular complexity index is 869. The molecule has 0 atom stereocenters. The van der Waals surface area contributed by atoms with E-state index in [2.05, 4.69) is 34.4 Å². The molecule has 0 unspecified atom stereocenters. The maximum atomic E-state index is 11.8. The lowest BCUT2D eigenvalue weighted by Crippen LogP contribution is -2.21. The number of rotatable bonds is 5. The molecule has 0 aliphatic heterocycles. The second-order valence-electron chi connectivity index (χ2n) is 5.96. The molecule has 1 amide bonds. The molecule has 3 aromatic rings. The molecule has 2 aromatic heterocycles. The predicted octanol–water partition coefficient (Wildman–Crippen LogP) is 2.48. The molecule has 124 valence electrons. The Morgan fingerprint density at radius 2 is 2.17 bits per heavy atom. The van der Waals surface area contributed by atoms with E-state index in [4.69, 9.17) is 4.98 Å². The Balaban J connectivity index is 1.98. The summed E-state index contributed by atoms with van der Waals surface area (Å²) in [5.74, 6) is -0.116. The van der Waals surface area contributed by atoms with Gasteiger partial charge < -0.3 is 15.6 Å². The largest absolute Gasteiger partial charge is 0.355 e. The highest BCUT2D eigenvalue weighted by molar-refractivity contribution is 5.95. The number of aromatic amines is 1. The summed E-state index contributed by atoms with van der Waals surface area (Å²) in [5.41, 5.74) is 4.92. The first-order valence-electron chi connectivity index (χ1n) is 7.97. The molecular formula is C18H21N5O. The van der Waals surface area contributed by atoms with Gasteiger partial charge in [-0.15, -0.1) is 0 Å². The van der Waals surface area contributed by atoms with Crippen molar-refractivity contribution >= 4 is 17.1 Å². The second kappa shape index (κ2) is 6.80. The van der Waals surface area contributed by atoms with Crippen LogP contribution >= 0.6 is 0 Å². The molecule has 24 heavy (non-hydrogen) atoms. The fraction of sp³-hybridized carbons (Fsp3) is 0.278. The van der Waals surface area contributed by atoms with Crippen LogP contribution in [0.5, 0.6) is 0 Å². The molecule has 0 saturated carbocycles. The van der Waals surface area contributed by atoms with Gasteiger partial charge in [0.05, 0.1) is 11.9 Å². The topological polar surface area (TPSA) is 82.7 Å².